The number of alkyl halides is 3. The molecule has 1 aromatic heterocycles. The fraction of sp³-hybridized carbons (Fsp3) is 0.0769. The molecule has 110 valence electrons. The van der Waals surface area contributed by atoms with Gasteiger partial charge in [-0.2, -0.15) is 13.2 Å². The summed E-state index contributed by atoms with van der Waals surface area (Å²) >= 11 is 5.79. The van der Waals surface area contributed by atoms with E-state index in [0.29, 0.717) is 0 Å². The van der Waals surface area contributed by atoms with Crippen molar-refractivity contribution in [2.75, 3.05) is 11.1 Å². The van der Waals surface area contributed by atoms with Crippen LogP contribution in [0.25, 0.3) is 0 Å². The zero-order chi connectivity index (χ0) is 15.6. The van der Waals surface area contributed by atoms with Crippen molar-refractivity contribution in [2.24, 2.45) is 0 Å². The standard InChI is InChI=1S/C13H9ClF3N3O/c14-9-4-3-7(13(15,16)17)6-10(9)20-12(21)8-2-1-5-19-11(8)18/h1-6H,(H2,18,19)(H,20,21). The van der Waals surface area contributed by atoms with Gasteiger partial charge in [0.2, 0.25) is 0 Å². The lowest BCUT2D eigenvalue weighted by Crippen LogP contribution is -2.15. The lowest BCUT2D eigenvalue weighted by molar-refractivity contribution is -0.137. The van der Waals surface area contributed by atoms with Crippen molar-refractivity contribution in [1.82, 2.24) is 4.98 Å². The Kier molecular flexibility index (Phi) is 4.04. The van der Waals surface area contributed by atoms with E-state index in [-0.39, 0.29) is 22.1 Å². The van der Waals surface area contributed by atoms with Crippen molar-refractivity contribution >= 4 is 29.0 Å². The van der Waals surface area contributed by atoms with Crippen molar-refractivity contribution in [3.63, 3.8) is 0 Å². The van der Waals surface area contributed by atoms with E-state index in [1.807, 2.05) is 0 Å². The lowest BCUT2D eigenvalue weighted by Gasteiger charge is -2.12. The predicted molar refractivity (Wildman–Crippen MR) is 73.1 cm³/mol. The average Bonchev–Trinajstić information content (AvgIpc) is 2.40. The zero-order valence-electron chi connectivity index (χ0n) is 10.4. The predicted octanol–water partition coefficient (Wildman–Crippen LogP) is 3.59. The molecule has 8 heteroatoms. The van der Waals surface area contributed by atoms with Crippen LogP contribution in [-0.2, 0) is 6.18 Å². The molecule has 1 aromatic carbocycles. The number of pyridine rings is 1. The molecule has 21 heavy (non-hydrogen) atoms. The molecule has 0 radical (unpaired) electrons. The van der Waals surface area contributed by atoms with Crippen LogP contribution in [0.5, 0.6) is 0 Å². The minimum Gasteiger partial charge on any atom is -0.383 e. The number of carbonyl (C=O) groups excluding carboxylic acids is 1. The Morgan fingerprint density at radius 1 is 1.29 bits per heavy atom. The molecule has 2 rings (SSSR count). The van der Waals surface area contributed by atoms with E-state index in [1.54, 1.807) is 0 Å². The quantitative estimate of drug-likeness (QED) is 0.890. The van der Waals surface area contributed by atoms with Crippen LogP contribution in [0.3, 0.4) is 0 Å². The average molecular weight is 316 g/mol. The number of rotatable bonds is 2. The van der Waals surface area contributed by atoms with Crippen LogP contribution in [0, 0.1) is 0 Å². The molecule has 1 amide bonds. The van der Waals surface area contributed by atoms with Crippen LogP contribution in [-0.4, -0.2) is 10.9 Å². The molecule has 0 aliphatic rings. The lowest BCUT2D eigenvalue weighted by atomic mass is 10.1. The maximum atomic E-state index is 12.6. The molecule has 0 saturated carbocycles. The number of hydrogen-bond acceptors (Lipinski definition) is 3. The number of nitrogens with two attached hydrogens (primary N) is 1. The minimum absolute atomic E-state index is 0.0150. The van der Waals surface area contributed by atoms with Crippen LogP contribution in [0.15, 0.2) is 36.5 Å². The third kappa shape index (κ3) is 3.43. The van der Waals surface area contributed by atoms with Gasteiger partial charge in [-0.15, -0.1) is 0 Å². The molecule has 0 unspecified atom stereocenters. The molecule has 0 atom stereocenters. The number of aromatic nitrogens is 1. The van der Waals surface area contributed by atoms with E-state index in [4.69, 9.17) is 17.3 Å². The Labute approximate surface area is 122 Å². The van der Waals surface area contributed by atoms with Gasteiger partial charge in [-0.25, -0.2) is 4.98 Å². The smallest absolute Gasteiger partial charge is 0.383 e. The number of amides is 1. The number of anilines is 2. The van der Waals surface area contributed by atoms with E-state index in [0.717, 1.165) is 18.2 Å². The Balaban J connectivity index is 2.31. The molecule has 0 aliphatic carbocycles. The third-order valence-corrected chi connectivity index (χ3v) is 2.95. The highest BCUT2D eigenvalue weighted by atomic mass is 35.5. The van der Waals surface area contributed by atoms with Crippen molar-refractivity contribution < 1.29 is 18.0 Å². The summed E-state index contributed by atoms with van der Waals surface area (Å²) < 4.78 is 37.9. The van der Waals surface area contributed by atoms with Gasteiger partial charge in [-0.1, -0.05) is 11.6 Å². The number of nitrogen functional groups attached to an aromatic ring is 1. The van der Waals surface area contributed by atoms with Gasteiger partial charge >= 0.3 is 6.18 Å². The number of nitrogens with one attached hydrogen (secondary N) is 1. The fourth-order valence-electron chi connectivity index (χ4n) is 1.60. The maximum absolute atomic E-state index is 12.6. The van der Waals surface area contributed by atoms with Crippen LogP contribution in [0.2, 0.25) is 5.02 Å². The van der Waals surface area contributed by atoms with Crippen molar-refractivity contribution in [3.8, 4) is 0 Å². The normalized spacial score (nSPS) is 11.2. The number of hydrogen-bond donors (Lipinski definition) is 2. The molecule has 2 aromatic rings. The van der Waals surface area contributed by atoms with Crippen molar-refractivity contribution in [1.29, 1.82) is 0 Å². The van der Waals surface area contributed by atoms with E-state index >= 15 is 0 Å². The maximum Gasteiger partial charge on any atom is 0.416 e. The van der Waals surface area contributed by atoms with E-state index in [9.17, 15) is 18.0 Å². The molecular formula is C13H9ClF3N3O. The van der Waals surface area contributed by atoms with E-state index < -0.39 is 17.6 Å². The largest absolute Gasteiger partial charge is 0.416 e. The van der Waals surface area contributed by atoms with Crippen LogP contribution >= 0.6 is 11.6 Å². The summed E-state index contributed by atoms with van der Waals surface area (Å²) in [4.78, 5) is 15.7. The molecular weight excluding hydrogens is 307 g/mol. The summed E-state index contributed by atoms with van der Waals surface area (Å²) in [7, 11) is 0. The summed E-state index contributed by atoms with van der Waals surface area (Å²) in [5, 5.41) is 2.27. The molecule has 0 bridgehead atoms. The van der Waals surface area contributed by atoms with Crippen LogP contribution in [0.4, 0.5) is 24.7 Å². The first-order valence-corrected chi connectivity index (χ1v) is 6.05. The Bertz CT molecular complexity index is 689. The van der Waals surface area contributed by atoms with Gasteiger partial charge in [0, 0.05) is 6.20 Å². The molecule has 3 N–H and O–H groups in total. The second-order valence-electron chi connectivity index (χ2n) is 4.08. The summed E-state index contributed by atoms with van der Waals surface area (Å²) in [6.07, 6.45) is -3.14. The highest BCUT2D eigenvalue weighted by Crippen LogP contribution is 2.34. The minimum atomic E-state index is -4.53. The topological polar surface area (TPSA) is 68.0 Å². The van der Waals surface area contributed by atoms with Gasteiger partial charge < -0.3 is 11.1 Å². The highest BCUT2D eigenvalue weighted by molar-refractivity contribution is 6.34. The molecule has 0 fully saturated rings. The van der Waals surface area contributed by atoms with Gasteiger partial charge in [0.15, 0.2) is 0 Å². The first kappa shape index (κ1) is 15.1. The van der Waals surface area contributed by atoms with Crippen LogP contribution < -0.4 is 11.1 Å². The summed E-state index contributed by atoms with van der Waals surface area (Å²) in [6.45, 7) is 0. The number of benzene rings is 1. The van der Waals surface area contributed by atoms with Crippen LogP contribution in [0.1, 0.15) is 15.9 Å². The summed E-state index contributed by atoms with van der Waals surface area (Å²) in [5.74, 6) is -0.722. The highest BCUT2D eigenvalue weighted by Gasteiger charge is 2.31. The monoisotopic (exact) mass is 315 g/mol. The summed E-state index contributed by atoms with van der Waals surface area (Å²) in [5.41, 5.74) is 4.51. The Morgan fingerprint density at radius 2 is 2.00 bits per heavy atom. The molecule has 4 nitrogen and oxygen atoms in total. The number of carbonyl (C=O) groups is 1. The Hall–Kier alpha value is -2.28. The number of nitrogens with zero attached hydrogens (tertiary/aromatic N) is 1. The van der Waals surface area contributed by atoms with Crippen molar-refractivity contribution in [2.45, 2.75) is 6.18 Å². The summed E-state index contributed by atoms with van der Waals surface area (Å²) in [6, 6.07) is 5.54. The van der Waals surface area contributed by atoms with Gasteiger partial charge in [0.1, 0.15) is 5.82 Å². The zero-order valence-corrected chi connectivity index (χ0v) is 11.2. The van der Waals surface area contributed by atoms with E-state index in [1.165, 1.54) is 18.3 Å². The third-order valence-electron chi connectivity index (χ3n) is 2.63. The van der Waals surface area contributed by atoms with Gasteiger partial charge in [0.25, 0.3) is 5.91 Å². The SMILES string of the molecule is Nc1ncccc1C(=O)Nc1cc(C(F)(F)F)ccc1Cl. The van der Waals surface area contributed by atoms with Gasteiger partial charge in [-0.3, -0.25) is 4.79 Å². The van der Waals surface area contributed by atoms with Crippen molar-refractivity contribution in [3.05, 3.63) is 52.7 Å². The number of halogens is 4. The molecule has 0 saturated heterocycles. The second-order valence-corrected chi connectivity index (χ2v) is 4.49. The first-order valence-electron chi connectivity index (χ1n) is 5.67. The molecule has 1 heterocycles. The second kappa shape index (κ2) is 5.61. The Morgan fingerprint density at radius 3 is 2.62 bits per heavy atom. The molecule has 0 spiro atoms. The van der Waals surface area contributed by atoms with E-state index in [2.05, 4.69) is 10.3 Å². The first-order chi connectivity index (χ1) is 9.79. The fourth-order valence-corrected chi connectivity index (χ4v) is 1.76. The van der Waals surface area contributed by atoms with Gasteiger partial charge in [-0.05, 0) is 30.3 Å². The molecule has 0 aliphatic heterocycles. The van der Waals surface area contributed by atoms with Gasteiger partial charge in [0.05, 0.1) is 21.8 Å².